The summed E-state index contributed by atoms with van der Waals surface area (Å²) in [6.07, 6.45) is 0.436. The molecular formula is C18H18Cl2N2O3S. The minimum Gasteiger partial charge on any atom is -0.376 e. The zero-order chi connectivity index (χ0) is 18.7. The quantitative estimate of drug-likeness (QED) is 0.813. The summed E-state index contributed by atoms with van der Waals surface area (Å²) in [6.45, 7) is 0.00210. The van der Waals surface area contributed by atoms with Crippen molar-refractivity contribution in [3.05, 3.63) is 58.6 Å². The van der Waals surface area contributed by atoms with E-state index in [1.165, 1.54) is 0 Å². The monoisotopic (exact) mass is 412 g/mol. The van der Waals surface area contributed by atoms with Crippen molar-refractivity contribution in [3.63, 3.8) is 0 Å². The van der Waals surface area contributed by atoms with E-state index in [1.54, 1.807) is 35.2 Å². The van der Waals surface area contributed by atoms with Crippen LogP contribution < -0.4 is 10.2 Å². The van der Waals surface area contributed by atoms with Gasteiger partial charge in [-0.2, -0.15) is 0 Å². The highest BCUT2D eigenvalue weighted by Crippen LogP contribution is 2.25. The normalized spacial score (nSPS) is 18.5. The summed E-state index contributed by atoms with van der Waals surface area (Å²) in [6, 6.07) is 13.7. The summed E-state index contributed by atoms with van der Waals surface area (Å²) in [5, 5.41) is 3.94. The summed E-state index contributed by atoms with van der Waals surface area (Å²) >= 11 is 11.9. The van der Waals surface area contributed by atoms with Gasteiger partial charge in [0.05, 0.1) is 24.1 Å². The van der Waals surface area contributed by atoms with Crippen LogP contribution in [0.15, 0.2) is 48.5 Å². The summed E-state index contributed by atoms with van der Waals surface area (Å²) in [4.78, 5) is 14.5. The highest BCUT2D eigenvalue weighted by atomic mass is 35.5. The molecule has 1 N–H and O–H groups in total. The molecule has 0 bridgehead atoms. The Morgan fingerprint density at radius 3 is 2.35 bits per heavy atom. The van der Waals surface area contributed by atoms with Gasteiger partial charge in [0.2, 0.25) is 5.91 Å². The van der Waals surface area contributed by atoms with Crippen LogP contribution in [0.25, 0.3) is 0 Å². The molecule has 2 aromatic carbocycles. The minimum atomic E-state index is -3.11. The molecule has 1 fully saturated rings. The molecule has 0 radical (unpaired) electrons. The van der Waals surface area contributed by atoms with Crippen LogP contribution in [0, 0.1) is 0 Å². The van der Waals surface area contributed by atoms with Gasteiger partial charge in [0.25, 0.3) is 0 Å². The van der Waals surface area contributed by atoms with E-state index in [1.807, 2.05) is 18.2 Å². The molecule has 0 spiro atoms. The fraction of sp³-hybridized carbons (Fsp3) is 0.278. The van der Waals surface area contributed by atoms with Crippen molar-refractivity contribution in [2.24, 2.45) is 0 Å². The number of amides is 1. The van der Waals surface area contributed by atoms with Crippen LogP contribution in [0.3, 0.4) is 0 Å². The van der Waals surface area contributed by atoms with E-state index in [0.29, 0.717) is 27.8 Å². The summed E-state index contributed by atoms with van der Waals surface area (Å²) in [5.41, 5.74) is 1.31. The maximum Gasteiger partial charge on any atom is 0.246 e. The van der Waals surface area contributed by atoms with E-state index >= 15 is 0 Å². The Balaban J connectivity index is 1.79. The second-order valence-electron chi connectivity index (χ2n) is 6.17. The number of nitrogens with zero attached hydrogens (tertiary/aromatic N) is 1. The van der Waals surface area contributed by atoms with Crippen molar-refractivity contribution < 1.29 is 13.2 Å². The predicted molar refractivity (Wildman–Crippen MR) is 106 cm³/mol. The van der Waals surface area contributed by atoms with Gasteiger partial charge in [0, 0.05) is 21.4 Å². The highest BCUT2D eigenvalue weighted by Gasteiger charge is 2.35. The third-order valence-electron chi connectivity index (χ3n) is 4.18. The topological polar surface area (TPSA) is 66.5 Å². The van der Waals surface area contributed by atoms with Gasteiger partial charge in [0.15, 0.2) is 9.84 Å². The lowest BCUT2D eigenvalue weighted by atomic mass is 10.1. The van der Waals surface area contributed by atoms with Gasteiger partial charge in [-0.3, -0.25) is 4.79 Å². The van der Waals surface area contributed by atoms with E-state index in [2.05, 4.69) is 5.32 Å². The number of rotatable bonds is 5. The van der Waals surface area contributed by atoms with Gasteiger partial charge in [0.1, 0.15) is 0 Å². The maximum atomic E-state index is 12.9. The van der Waals surface area contributed by atoms with Crippen LogP contribution >= 0.6 is 23.2 Å². The molecule has 8 heteroatoms. The van der Waals surface area contributed by atoms with Crippen molar-refractivity contribution in [1.82, 2.24) is 0 Å². The zero-order valence-electron chi connectivity index (χ0n) is 13.9. The first-order valence-corrected chi connectivity index (χ1v) is 10.7. The van der Waals surface area contributed by atoms with Gasteiger partial charge in [-0.05, 0) is 36.8 Å². The van der Waals surface area contributed by atoms with E-state index < -0.39 is 9.84 Å². The van der Waals surface area contributed by atoms with Gasteiger partial charge in [-0.25, -0.2) is 8.42 Å². The fourth-order valence-corrected chi connectivity index (χ4v) is 5.27. The van der Waals surface area contributed by atoms with Crippen LogP contribution in [0.1, 0.15) is 6.42 Å². The molecule has 138 valence electrons. The van der Waals surface area contributed by atoms with Crippen LogP contribution in [-0.4, -0.2) is 38.4 Å². The molecule has 1 amide bonds. The molecule has 0 unspecified atom stereocenters. The number of halogens is 2. The predicted octanol–water partition coefficient (Wildman–Crippen LogP) is 3.63. The standard InChI is InChI=1S/C18H18Cl2N2O3S/c19-13-8-14(20)10-15(9-13)21-11-18(23)22(16-4-2-1-3-5-16)17-6-7-26(24,25)12-17/h1-5,8-10,17,21H,6-7,11-12H2/t17-/m1/s1. The van der Waals surface area contributed by atoms with Crippen LogP contribution in [0.2, 0.25) is 10.0 Å². The molecule has 26 heavy (non-hydrogen) atoms. The SMILES string of the molecule is O=C(CNc1cc(Cl)cc(Cl)c1)N(c1ccccc1)[C@@H]1CCS(=O)(=O)C1. The van der Waals surface area contributed by atoms with Gasteiger partial charge < -0.3 is 10.2 Å². The number of para-hydroxylation sites is 1. The lowest BCUT2D eigenvalue weighted by Gasteiger charge is -2.28. The molecule has 1 atom stereocenters. The maximum absolute atomic E-state index is 12.9. The number of sulfone groups is 1. The minimum absolute atomic E-state index is 0.00210. The summed E-state index contributed by atoms with van der Waals surface area (Å²) in [7, 11) is -3.11. The Kier molecular flexibility index (Phi) is 5.75. The molecule has 0 aliphatic carbocycles. The molecule has 1 saturated heterocycles. The van der Waals surface area contributed by atoms with Crippen molar-refractivity contribution in [1.29, 1.82) is 0 Å². The highest BCUT2D eigenvalue weighted by molar-refractivity contribution is 7.91. The molecular weight excluding hydrogens is 395 g/mol. The third kappa shape index (κ3) is 4.69. The lowest BCUT2D eigenvalue weighted by Crippen LogP contribution is -2.44. The van der Waals surface area contributed by atoms with Gasteiger partial charge >= 0.3 is 0 Å². The largest absolute Gasteiger partial charge is 0.376 e. The van der Waals surface area contributed by atoms with E-state index in [0.717, 1.165) is 0 Å². The summed E-state index contributed by atoms with van der Waals surface area (Å²) < 4.78 is 23.7. The summed E-state index contributed by atoms with van der Waals surface area (Å²) in [5.74, 6) is -0.128. The number of nitrogens with one attached hydrogen (secondary N) is 1. The molecule has 0 aromatic heterocycles. The van der Waals surface area contributed by atoms with Crippen LogP contribution in [0.5, 0.6) is 0 Å². The Morgan fingerprint density at radius 2 is 1.77 bits per heavy atom. The first-order valence-electron chi connectivity index (χ1n) is 8.11. The van der Waals surface area contributed by atoms with Crippen molar-refractivity contribution in [2.75, 3.05) is 28.3 Å². The lowest BCUT2D eigenvalue weighted by molar-refractivity contribution is -0.117. The number of hydrogen-bond donors (Lipinski definition) is 1. The smallest absolute Gasteiger partial charge is 0.246 e. The Bertz CT molecular complexity index is 884. The second-order valence-corrected chi connectivity index (χ2v) is 9.27. The molecule has 1 heterocycles. The Morgan fingerprint density at radius 1 is 1.12 bits per heavy atom. The average molecular weight is 413 g/mol. The fourth-order valence-electron chi connectivity index (χ4n) is 3.04. The molecule has 0 saturated carbocycles. The number of anilines is 2. The van der Waals surface area contributed by atoms with E-state index in [9.17, 15) is 13.2 Å². The van der Waals surface area contributed by atoms with Crippen molar-refractivity contribution >= 4 is 50.3 Å². The van der Waals surface area contributed by atoms with Gasteiger partial charge in [-0.1, -0.05) is 41.4 Å². The second kappa shape index (κ2) is 7.86. The number of benzene rings is 2. The Labute approximate surface area is 162 Å². The van der Waals surface area contributed by atoms with Crippen LogP contribution in [-0.2, 0) is 14.6 Å². The molecule has 1 aliphatic heterocycles. The average Bonchev–Trinajstić information content (AvgIpc) is 2.93. The molecule has 5 nitrogen and oxygen atoms in total. The van der Waals surface area contributed by atoms with E-state index in [4.69, 9.17) is 23.2 Å². The first-order chi connectivity index (χ1) is 12.3. The first kappa shape index (κ1) is 19.0. The third-order valence-corrected chi connectivity index (χ3v) is 6.37. The van der Waals surface area contributed by atoms with Crippen LogP contribution in [0.4, 0.5) is 11.4 Å². The molecule has 3 rings (SSSR count). The number of hydrogen-bond acceptors (Lipinski definition) is 4. The van der Waals surface area contributed by atoms with Gasteiger partial charge in [-0.15, -0.1) is 0 Å². The van der Waals surface area contributed by atoms with Crippen molar-refractivity contribution in [2.45, 2.75) is 12.5 Å². The molecule has 1 aliphatic rings. The zero-order valence-corrected chi connectivity index (χ0v) is 16.2. The Hall–Kier alpha value is -1.76. The number of carbonyl (C=O) groups excluding carboxylic acids is 1. The molecule has 2 aromatic rings. The number of carbonyl (C=O) groups is 1. The van der Waals surface area contributed by atoms with Crippen molar-refractivity contribution in [3.8, 4) is 0 Å². The van der Waals surface area contributed by atoms with E-state index in [-0.39, 0.29) is 30.0 Å².